The van der Waals surface area contributed by atoms with Crippen molar-refractivity contribution in [1.82, 2.24) is 9.88 Å². The molecule has 4 heteroatoms. The van der Waals surface area contributed by atoms with Crippen LogP contribution >= 0.6 is 23.2 Å². The van der Waals surface area contributed by atoms with Crippen LogP contribution in [0, 0.1) is 0 Å². The molecule has 0 saturated carbocycles. The average molecular weight is 263 g/mol. The monoisotopic (exact) mass is 262 g/mol. The Kier molecular flexibility index (Phi) is 5.67. The topological polar surface area (TPSA) is 17.0 Å². The van der Waals surface area contributed by atoms with Gasteiger partial charge in [-0.2, -0.15) is 0 Å². The molecule has 0 spiro atoms. The molecule has 1 rings (SSSR count). The number of nitrogens with one attached hydrogen (secondary N) is 1. The van der Waals surface area contributed by atoms with Crippen LogP contribution in [0.1, 0.15) is 38.8 Å². The molecule has 1 heterocycles. The number of halogens is 2. The Morgan fingerprint density at radius 1 is 1.38 bits per heavy atom. The van der Waals surface area contributed by atoms with Gasteiger partial charge in [0.15, 0.2) is 0 Å². The predicted molar refractivity (Wildman–Crippen MR) is 71.3 cm³/mol. The van der Waals surface area contributed by atoms with Crippen molar-refractivity contribution in [2.75, 3.05) is 0 Å². The lowest BCUT2D eigenvalue weighted by Gasteiger charge is -2.16. The third-order valence-electron chi connectivity index (χ3n) is 2.92. The number of aromatic nitrogens is 1. The van der Waals surface area contributed by atoms with Gasteiger partial charge in [-0.15, -0.1) is 0 Å². The largest absolute Gasteiger partial charge is 0.336 e. The lowest BCUT2D eigenvalue weighted by molar-refractivity contribution is 0.456. The zero-order chi connectivity index (χ0) is 12.1. The molecule has 1 unspecified atom stereocenters. The van der Waals surface area contributed by atoms with Crippen molar-refractivity contribution in [1.29, 1.82) is 0 Å². The molecule has 0 aliphatic rings. The van der Waals surface area contributed by atoms with E-state index in [0.29, 0.717) is 16.2 Å². The maximum absolute atomic E-state index is 6.01. The molecule has 0 aromatic carbocycles. The van der Waals surface area contributed by atoms with Gasteiger partial charge in [-0.1, -0.05) is 43.5 Å². The van der Waals surface area contributed by atoms with E-state index in [1.165, 1.54) is 12.8 Å². The van der Waals surface area contributed by atoms with Crippen LogP contribution in [0.2, 0.25) is 10.2 Å². The maximum Gasteiger partial charge on any atom is 0.127 e. The van der Waals surface area contributed by atoms with Gasteiger partial charge in [-0.05, 0) is 18.9 Å². The minimum absolute atomic E-state index is 0.581. The van der Waals surface area contributed by atoms with E-state index in [1.54, 1.807) is 0 Å². The molecule has 0 aliphatic carbocycles. The highest BCUT2D eigenvalue weighted by molar-refractivity contribution is 6.41. The van der Waals surface area contributed by atoms with E-state index in [2.05, 4.69) is 19.2 Å². The minimum atomic E-state index is 0.581. The highest BCUT2D eigenvalue weighted by Gasteiger charge is 2.10. The van der Waals surface area contributed by atoms with Crippen LogP contribution in [-0.2, 0) is 13.6 Å². The van der Waals surface area contributed by atoms with E-state index in [0.717, 1.165) is 18.7 Å². The Morgan fingerprint density at radius 3 is 2.50 bits per heavy atom. The zero-order valence-corrected chi connectivity index (χ0v) is 11.7. The molecule has 0 saturated heterocycles. The van der Waals surface area contributed by atoms with Crippen LogP contribution in [0.5, 0.6) is 0 Å². The molecule has 0 amide bonds. The number of rotatable bonds is 6. The molecule has 1 N–H and O–H groups in total. The molecule has 1 aromatic heterocycles. The lowest BCUT2D eigenvalue weighted by Crippen LogP contribution is -2.28. The Bertz CT molecular complexity index is 334. The summed E-state index contributed by atoms with van der Waals surface area (Å²) in [6.07, 6.45) is 3.57. The van der Waals surface area contributed by atoms with E-state index in [1.807, 2.05) is 17.7 Å². The summed E-state index contributed by atoms with van der Waals surface area (Å²) in [5, 5.41) is 4.77. The number of hydrogen-bond acceptors (Lipinski definition) is 1. The standard InChI is InChI=1S/C12H20Cl2N2/c1-4-6-9(5-2)15-8-10-7-11(13)12(14)16(10)3/h7,9,15H,4-6,8H2,1-3H3. The molecular formula is C12H20Cl2N2. The number of nitrogens with zero attached hydrogens (tertiary/aromatic N) is 1. The smallest absolute Gasteiger partial charge is 0.127 e. The van der Waals surface area contributed by atoms with Crippen molar-refractivity contribution >= 4 is 23.2 Å². The highest BCUT2D eigenvalue weighted by Crippen LogP contribution is 2.25. The summed E-state index contributed by atoms with van der Waals surface area (Å²) in [6.45, 7) is 5.24. The molecule has 0 aliphatic heterocycles. The van der Waals surface area contributed by atoms with Crippen LogP contribution in [0.3, 0.4) is 0 Å². The third-order valence-corrected chi connectivity index (χ3v) is 3.76. The van der Waals surface area contributed by atoms with Crippen LogP contribution in [0.15, 0.2) is 6.07 Å². The first kappa shape index (κ1) is 13.9. The van der Waals surface area contributed by atoms with Crippen molar-refractivity contribution in [3.63, 3.8) is 0 Å². The Hall–Kier alpha value is -0.180. The van der Waals surface area contributed by atoms with E-state index >= 15 is 0 Å². The summed E-state index contributed by atoms with van der Waals surface area (Å²) in [5.74, 6) is 0. The second-order valence-corrected chi connectivity index (χ2v) is 4.87. The van der Waals surface area contributed by atoms with Crippen molar-refractivity contribution in [2.24, 2.45) is 7.05 Å². The van der Waals surface area contributed by atoms with E-state index < -0.39 is 0 Å². The van der Waals surface area contributed by atoms with Crippen LogP contribution in [-0.4, -0.2) is 10.6 Å². The van der Waals surface area contributed by atoms with Gasteiger partial charge < -0.3 is 9.88 Å². The lowest BCUT2D eigenvalue weighted by atomic mass is 10.1. The summed E-state index contributed by atoms with van der Waals surface area (Å²) in [6, 6.07) is 2.51. The van der Waals surface area contributed by atoms with Gasteiger partial charge in [0.05, 0.1) is 5.02 Å². The summed E-state index contributed by atoms with van der Waals surface area (Å²) in [7, 11) is 1.94. The zero-order valence-electron chi connectivity index (χ0n) is 10.2. The van der Waals surface area contributed by atoms with E-state index in [4.69, 9.17) is 23.2 Å². The third kappa shape index (κ3) is 3.41. The maximum atomic E-state index is 6.01. The van der Waals surface area contributed by atoms with Crippen LogP contribution in [0.4, 0.5) is 0 Å². The molecular weight excluding hydrogens is 243 g/mol. The van der Waals surface area contributed by atoms with Gasteiger partial charge in [-0.25, -0.2) is 0 Å². The van der Waals surface area contributed by atoms with Gasteiger partial charge in [0.2, 0.25) is 0 Å². The fourth-order valence-electron chi connectivity index (χ4n) is 1.81. The first-order valence-corrected chi connectivity index (χ1v) is 6.58. The van der Waals surface area contributed by atoms with Gasteiger partial charge in [0, 0.05) is 25.3 Å². The molecule has 0 radical (unpaired) electrons. The van der Waals surface area contributed by atoms with Crippen molar-refractivity contribution < 1.29 is 0 Å². The van der Waals surface area contributed by atoms with E-state index in [9.17, 15) is 0 Å². The fourth-order valence-corrected chi connectivity index (χ4v) is 2.22. The van der Waals surface area contributed by atoms with Crippen molar-refractivity contribution in [3.05, 3.63) is 21.9 Å². The van der Waals surface area contributed by atoms with Crippen LogP contribution in [0.25, 0.3) is 0 Å². The molecule has 92 valence electrons. The van der Waals surface area contributed by atoms with Crippen molar-refractivity contribution in [2.45, 2.75) is 45.7 Å². The fraction of sp³-hybridized carbons (Fsp3) is 0.667. The van der Waals surface area contributed by atoms with Crippen molar-refractivity contribution in [3.8, 4) is 0 Å². The average Bonchev–Trinajstić information content (AvgIpc) is 2.52. The first-order valence-electron chi connectivity index (χ1n) is 5.83. The SMILES string of the molecule is CCCC(CC)NCc1cc(Cl)c(Cl)n1C. The summed E-state index contributed by atoms with van der Waals surface area (Å²) in [4.78, 5) is 0. The van der Waals surface area contributed by atoms with Crippen LogP contribution < -0.4 is 5.32 Å². The molecule has 0 fully saturated rings. The predicted octanol–water partition coefficient (Wildman–Crippen LogP) is 4.00. The Morgan fingerprint density at radius 2 is 2.06 bits per heavy atom. The molecule has 2 nitrogen and oxygen atoms in total. The van der Waals surface area contributed by atoms with Gasteiger partial charge >= 0.3 is 0 Å². The van der Waals surface area contributed by atoms with Gasteiger partial charge in [0.1, 0.15) is 5.15 Å². The second-order valence-electron chi connectivity index (χ2n) is 4.11. The normalized spacial score (nSPS) is 13.1. The minimum Gasteiger partial charge on any atom is -0.336 e. The van der Waals surface area contributed by atoms with Gasteiger partial charge in [-0.3, -0.25) is 0 Å². The molecule has 0 bridgehead atoms. The Labute approximate surface area is 108 Å². The molecule has 1 aromatic rings. The summed E-state index contributed by atoms with van der Waals surface area (Å²) in [5.41, 5.74) is 1.13. The van der Waals surface area contributed by atoms with E-state index in [-0.39, 0.29) is 0 Å². The summed E-state index contributed by atoms with van der Waals surface area (Å²) < 4.78 is 1.93. The summed E-state index contributed by atoms with van der Waals surface area (Å²) >= 11 is 12.0. The second kappa shape index (κ2) is 6.53. The highest BCUT2D eigenvalue weighted by atomic mass is 35.5. The quantitative estimate of drug-likeness (QED) is 0.820. The molecule has 16 heavy (non-hydrogen) atoms. The number of hydrogen-bond donors (Lipinski definition) is 1. The van der Waals surface area contributed by atoms with Gasteiger partial charge in [0.25, 0.3) is 0 Å². The Balaban J connectivity index is 2.56. The first-order chi connectivity index (χ1) is 7.60. The molecule has 1 atom stereocenters.